The zero-order valence-electron chi connectivity index (χ0n) is 16.7. The van der Waals surface area contributed by atoms with Crippen LogP contribution in [0.1, 0.15) is 11.4 Å². The number of thioether (sulfide) groups is 2. The van der Waals surface area contributed by atoms with E-state index in [0.717, 1.165) is 23.2 Å². The highest BCUT2D eigenvalue weighted by Crippen LogP contribution is 2.28. The summed E-state index contributed by atoms with van der Waals surface area (Å²) in [5, 5.41) is 12.1. The highest BCUT2D eigenvalue weighted by Gasteiger charge is 2.16. The van der Waals surface area contributed by atoms with Gasteiger partial charge in [-0.2, -0.15) is 0 Å². The zero-order chi connectivity index (χ0) is 23.1. The minimum absolute atomic E-state index is 0.0174. The Hall–Kier alpha value is -1.88. The molecule has 0 radical (unpaired) electrons. The summed E-state index contributed by atoms with van der Waals surface area (Å²) in [4.78, 5) is 12.3. The number of hydrogen-bond acceptors (Lipinski definition) is 5. The number of hydrogen-bond donors (Lipinski definition) is 1. The van der Waals surface area contributed by atoms with E-state index in [2.05, 4.69) is 38.0 Å². The third kappa shape index (κ3) is 6.81. The van der Waals surface area contributed by atoms with Crippen molar-refractivity contribution in [2.45, 2.75) is 23.2 Å². The van der Waals surface area contributed by atoms with E-state index in [1.54, 1.807) is 17.8 Å². The van der Waals surface area contributed by atoms with E-state index in [1.807, 2.05) is 28.8 Å². The maximum atomic E-state index is 13.9. The molecule has 32 heavy (non-hydrogen) atoms. The molecule has 11 heteroatoms. The molecule has 1 aromatic heterocycles. The molecule has 168 valence electrons. The van der Waals surface area contributed by atoms with Gasteiger partial charge in [0.2, 0.25) is 5.91 Å². The number of benzene rings is 2. The van der Waals surface area contributed by atoms with E-state index in [9.17, 15) is 13.6 Å². The lowest BCUT2D eigenvalue weighted by molar-refractivity contribution is -0.113. The van der Waals surface area contributed by atoms with E-state index in [4.69, 9.17) is 11.6 Å². The predicted molar refractivity (Wildman–Crippen MR) is 130 cm³/mol. The minimum atomic E-state index is -0.856. The molecule has 3 aromatic rings. The van der Waals surface area contributed by atoms with Gasteiger partial charge in [-0.3, -0.25) is 4.79 Å². The molecule has 0 aliphatic carbocycles. The van der Waals surface area contributed by atoms with Gasteiger partial charge in [0, 0.05) is 27.9 Å². The molecule has 1 heterocycles. The SMILES string of the molecule is C=CCn1c(CSCc2ccc(Cl)cc2)nnc1SCC(=O)Nc1c(F)cc(F)cc1Br. The van der Waals surface area contributed by atoms with Crippen LogP contribution in [0.15, 0.2) is 58.7 Å². The maximum absolute atomic E-state index is 13.9. The molecule has 0 atom stereocenters. The summed E-state index contributed by atoms with van der Waals surface area (Å²) in [6.45, 7) is 4.26. The van der Waals surface area contributed by atoms with Crippen LogP contribution in [0.4, 0.5) is 14.5 Å². The largest absolute Gasteiger partial charge is 0.322 e. The van der Waals surface area contributed by atoms with Crippen molar-refractivity contribution in [3.05, 3.63) is 81.6 Å². The topological polar surface area (TPSA) is 59.8 Å². The molecule has 0 aliphatic heterocycles. The molecular formula is C21H18BrClF2N4OS2. The van der Waals surface area contributed by atoms with Crippen LogP contribution >= 0.6 is 51.1 Å². The first-order valence-corrected chi connectivity index (χ1v) is 12.6. The highest BCUT2D eigenvalue weighted by atomic mass is 79.9. The zero-order valence-corrected chi connectivity index (χ0v) is 20.6. The van der Waals surface area contributed by atoms with Crippen molar-refractivity contribution >= 4 is 62.6 Å². The predicted octanol–water partition coefficient (Wildman–Crippen LogP) is 6.32. The number of rotatable bonds is 10. The van der Waals surface area contributed by atoms with Crippen LogP contribution in [0, 0.1) is 11.6 Å². The molecule has 1 N–H and O–H groups in total. The number of carbonyl (C=O) groups excluding carboxylic acids is 1. The van der Waals surface area contributed by atoms with E-state index in [-0.39, 0.29) is 15.9 Å². The van der Waals surface area contributed by atoms with Crippen LogP contribution in [0.25, 0.3) is 0 Å². The van der Waals surface area contributed by atoms with Crippen molar-refractivity contribution in [3.63, 3.8) is 0 Å². The van der Waals surface area contributed by atoms with Gasteiger partial charge < -0.3 is 9.88 Å². The summed E-state index contributed by atoms with van der Waals surface area (Å²) in [5.74, 6) is 0.125. The molecule has 0 spiro atoms. The summed E-state index contributed by atoms with van der Waals surface area (Å²) in [7, 11) is 0. The van der Waals surface area contributed by atoms with Gasteiger partial charge in [-0.1, -0.05) is 41.6 Å². The molecule has 0 saturated heterocycles. The van der Waals surface area contributed by atoms with Crippen LogP contribution in [0.5, 0.6) is 0 Å². The molecule has 0 unspecified atom stereocenters. The normalized spacial score (nSPS) is 10.9. The second-order valence-corrected chi connectivity index (χ2v) is 9.72. The van der Waals surface area contributed by atoms with Gasteiger partial charge in [-0.15, -0.1) is 28.5 Å². The molecule has 2 aromatic carbocycles. The summed E-state index contributed by atoms with van der Waals surface area (Å²) >= 11 is 11.8. The van der Waals surface area contributed by atoms with Crippen molar-refractivity contribution < 1.29 is 13.6 Å². The van der Waals surface area contributed by atoms with Crippen molar-refractivity contribution in [2.24, 2.45) is 0 Å². The molecule has 1 amide bonds. The fourth-order valence-electron chi connectivity index (χ4n) is 2.65. The van der Waals surface area contributed by atoms with Crippen LogP contribution in [-0.4, -0.2) is 26.4 Å². The second-order valence-electron chi connectivity index (χ2n) is 6.50. The Kier molecular flexibility index (Phi) is 9.15. The monoisotopic (exact) mass is 558 g/mol. The molecular weight excluding hydrogens is 542 g/mol. The Morgan fingerprint density at radius 3 is 2.66 bits per heavy atom. The Morgan fingerprint density at radius 2 is 1.97 bits per heavy atom. The maximum Gasteiger partial charge on any atom is 0.234 e. The first kappa shape index (κ1) is 24.8. The summed E-state index contributed by atoms with van der Waals surface area (Å²) in [6, 6.07) is 9.46. The summed E-state index contributed by atoms with van der Waals surface area (Å²) in [5.41, 5.74) is 1.04. The standard InChI is InChI=1S/C21H18BrClF2N4OS2/c1-2-7-29-18(11-31-10-13-3-5-14(23)6-4-13)27-28-21(29)32-12-19(30)26-20-16(22)8-15(24)9-17(20)25/h2-6,8-9H,1,7,10-12H2,(H,26,30). The highest BCUT2D eigenvalue weighted by molar-refractivity contribution is 9.10. The van der Waals surface area contributed by atoms with Gasteiger partial charge in [-0.25, -0.2) is 8.78 Å². The van der Waals surface area contributed by atoms with Crippen molar-refractivity contribution in [1.82, 2.24) is 14.8 Å². The lowest BCUT2D eigenvalue weighted by Crippen LogP contribution is -2.16. The fourth-order valence-corrected chi connectivity index (χ4v) is 4.98. The lowest BCUT2D eigenvalue weighted by atomic mass is 10.2. The van der Waals surface area contributed by atoms with Crippen molar-refractivity contribution in [3.8, 4) is 0 Å². The number of nitrogens with zero attached hydrogens (tertiary/aromatic N) is 3. The lowest BCUT2D eigenvalue weighted by Gasteiger charge is -2.10. The number of nitrogens with one attached hydrogen (secondary N) is 1. The fraction of sp³-hybridized carbons (Fsp3) is 0.190. The molecule has 0 aliphatic rings. The quantitative estimate of drug-likeness (QED) is 0.233. The van der Waals surface area contributed by atoms with E-state index < -0.39 is 17.5 Å². The molecule has 3 rings (SSSR count). The average Bonchev–Trinajstić information content (AvgIpc) is 3.12. The first-order chi connectivity index (χ1) is 15.4. The third-order valence-electron chi connectivity index (χ3n) is 4.12. The van der Waals surface area contributed by atoms with Crippen molar-refractivity contribution in [1.29, 1.82) is 0 Å². The molecule has 5 nitrogen and oxygen atoms in total. The number of allylic oxidation sites excluding steroid dienone is 1. The number of carbonyl (C=O) groups is 1. The van der Waals surface area contributed by atoms with Crippen LogP contribution in [0.2, 0.25) is 5.02 Å². The Labute approximate surface area is 206 Å². The molecule has 0 fully saturated rings. The minimum Gasteiger partial charge on any atom is -0.322 e. The number of anilines is 1. The van der Waals surface area contributed by atoms with Gasteiger partial charge >= 0.3 is 0 Å². The van der Waals surface area contributed by atoms with Gasteiger partial charge in [0.15, 0.2) is 11.0 Å². The Bertz CT molecular complexity index is 1090. The second kappa shape index (κ2) is 11.8. The molecule has 0 saturated carbocycles. The van der Waals surface area contributed by atoms with Crippen molar-refractivity contribution in [2.75, 3.05) is 11.1 Å². The van der Waals surface area contributed by atoms with Gasteiger partial charge in [-0.05, 0) is 39.7 Å². The smallest absolute Gasteiger partial charge is 0.234 e. The molecule has 0 bridgehead atoms. The first-order valence-electron chi connectivity index (χ1n) is 9.29. The summed E-state index contributed by atoms with van der Waals surface area (Å²) < 4.78 is 29.2. The Morgan fingerprint density at radius 1 is 1.22 bits per heavy atom. The number of amides is 1. The van der Waals surface area contributed by atoms with Gasteiger partial charge in [0.25, 0.3) is 0 Å². The Balaban J connectivity index is 1.59. The van der Waals surface area contributed by atoms with Gasteiger partial charge in [0.1, 0.15) is 11.6 Å². The number of aromatic nitrogens is 3. The van der Waals surface area contributed by atoms with Gasteiger partial charge in [0.05, 0.1) is 17.2 Å². The average molecular weight is 560 g/mol. The summed E-state index contributed by atoms with van der Waals surface area (Å²) in [6.07, 6.45) is 1.73. The third-order valence-corrected chi connectivity index (χ3v) is 6.97. The number of halogens is 4. The van der Waals surface area contributed by atoms with E-state index in [0.29, 0.717) is 28.5 Å². The van der Waals surface area contributed by atoms with Crippen LogP contribution in [0.3, 0.4) is 0 Å². The van der Waals surface area contributed by atoms with Crippen LogP contribution in [-0.2, 0) is 22.8 Å². The van der Waals surface area contributed by atoms with Crippen LogP contribution < -0.4 is 5.32 Å². The van der Waals surface area contributed by atoms with E-state index in [1.165, 1.54) is 11.8 Å². The van der Waals surface area contributed by atoms with E-state index >= 15 is 0 Å².